The standard InChI is InChI=1S/C17H17N3O4/c1-10-6-15(19-24-10)20-9-13(8-16(20)22)17(23)18-14-5-3-4-12(7-14)11(2)21/h3-7,13H,8-9H2,1-2H3,(H,18,23). The topological polar surface area (TPSA) is 92.5 Å². The van der Waals surface area contributed by atoms with E-state index in [1.165, 1.54) is 11.8 Å². The molecule has 0 aliphatic carbocycles. The van der Waals surface area contributed by atoms with E-state index in [-0.39, 0.29) is 30.6 Å². The highest BCUT2D eigenvalue weighted by molar-refractivity contribution is 6.03. The van der Waals surface area contributed by atoms with Gasteiger partial charge in [-0.25, -0.2) is 0 Å². The average molecular weight is 327 g/mol. The predicted molar refractivity (Wildman–Crippen MR) is 86.8 cm³/mol. The van der Waals surface area contributed by atoms with Gasteiger partial charge in [-0.2, -0.15) is 0 Å². The number of rotatable bonds is 4. The Morgan fingerprint density at radius 3 is 2.79 bits per heavy atom. The summed E-state index contributed by atoms with van der Waals surface area (Å²) in [6.07, 6.45) is 0.115. The number of ketones is 1. The van der Waals surface area contributed by atoms with Crippen LogP contribution in [0.1, 0.15) is 29.5 Å². The van der Waals surface area contributed by atoms with Crippen LogP contribution in [0.25, 0.3) is 0 Å². The molecule has 2 heterocycles. The molecule has 1 atom stereocenters. The Kier molecular flexibility index (Phi) is 4.16. The van der Waals surface area contributed by atoms with Crippen molar-refractivity contribution in [1.82, 2.24) is 5.16 Å². The lowest BCUT2D eigenvalue weighted by Gasteiger charge is -2.13. The molecule has 7 nitrogen and oxygen atoms in total. The molecule has 1 aliphatic rings. The maximum absolute atomic E-state index is 12.4. The van der Waals surface area contributed by atoms with Gasteiger partial charge in [0.1, 0.15) is 5.76 Å². The highest BCUT2D eigenvalue weighted by Crippen LogP contribution is 2.25. The number of carbonyl (C=O) groups is 3. The zero-order chi connectivity index (χ0) is 17.3. The van der Waals surface area contributed by atoms with Gasteiger partial charge in [0.2, 0.25) is 11.8 Å². The molecule has 1 N–H and O–H groups in total. The van der Waals surface area contributed by atoms with Gasteiger partial charge in [0, 0.05) is 30.3 Å². The van der Waals surface area contributed by atoms with Crippen LogP contribution in [0.2, 0.25) is 0 Å². The number of nitrogens with zero attached hydrogens (tertiary/aromatic N) is 2. The van der Waals surface area contributed by atoms with E-state index in [2.05, 4.69) is 10.5 Å². The SMILES string of the molecule is CC(=O)c1cccc(NC(=O)C2CC(=O)N(c3cc(C)on3)C2)c1. The van der Waals surface area contributed by atoms with Gasteiger partial charge in [0.25, 0.3) is 0 Å². The van der Waals surface area contributed by atoms with E-state index in [4.69, 9.17) is 4.52 Å². The van der Waals surface area contributed by atoms with Gasteiger partial charge >= 0.3 is 0 Å². The van der Waals surface area contributed by atoms with Crippen molar-refractivity contribution >= 4 is 29.1 Å². The molecular formula is C17H17N3O4. The Morgan fingerprint density at radius 2 is 2.12 bits per heavy atom. The van der Waals surface area contributed by atoms with Crippen molar-refractivity contribution in [2.45, 2.75) is 20.3 Å². The minimum atomic E-state index is -0.476. The fourth-order valence-electron chi connectivity index (χ4n) is 2.65. The van der Waals surface area contributed by atoms with Gasteiger partial charge in [-0.1, -0.05) is 17.3 Å². The van der Waals surface area contributed by atoms with E-state index >= 15 is 0 Å². The van der Waals surface area contributed by atoms with Crippen LogP contribution < -0.4 is 10.2 Å². The van der Waals surface area contributed by atoms with E-state index in [0.29, 0.717) is 22.8 Å². The molecule has 1 aromatic carbocycles. The largest absolute Gasteiger partial charge is 0.360 e. The fraction of sp³-hybridized carbons (Fsp3) is 0.294. The van der Waals surface area contributed by atoms with Crippen LogP contribution in [0.4, 0.5) is 11.5 Å². The zero-order valence-corrected chi connectivity index (χ0v) is 13.4. The third-order valence-corrected chi connectivity index (χ3v) is 3.92. The first-order valence-electron chi connectivity index (χ1n) is 7.59. The molecular weight excluding hydrogens is 310 g/mol. The fourth-order valence-corrected chi connectivity index (χ4v) is 2.65. The van der Waals surface area contributed by atoms with Crippen LogP contribution in [0.15, 0.2) is 34.9 Å². The zero-order valence-electron chi connectivity index (χ0n) is 13.4. The highest BCUT2D eigenvalue weighted by atomic mass is 16.5. The first kappa shape index (κ1) is 15.9. The number of hydrogen-bond acceptors (Lipinski definition) is 5. The number of amides is 2. The van der Waals surface area contributed by atoms with E-state index in [1.807, 2.05) is 0 Å². The van der Waals surface area contributed by atoms with Crippen LogP contribution in [0, 0.1) is 12.8 Å². The molecule has 2 amide bonds. The molecule has 1 aliphatic heterocycles. The molecule has 0 bridgehead atoms. The Hall–Kier alpha value is -2.96. The Balaban J connectivity index is 1.69. The normalized spacial score (nSPS) is 17.2. The Morgan fingerprint density at radius 1 is 1.33 bits per heavy atom. The maximum Gasteiger partial charge on any atom is 0.229 e. The minimum absolute atomic E-state index is 0.0743. The first-order valence-corrected chi connectivity index (χ1v) is 7.59. The van der Waals surface area contributed by atoms with Gasteiger partial charge in [0.15, 0.2) is 11.6 Å². The molecule has 0 saturated carbocycles. The summed E-state index contributed by atoms with van der Waals surface area (Å²) in [5.74, 6) is 0.0519. The molecule has 2 aromatic rings. The van der Waals surface area contributed by atoms with Gasteiger partial charge in [-0.3, -0.25) is 19.3 Å². The molecule has 0 radical (unpaired) electrons. The summed E-state index contributed by atoms with van der Waals surface area (Å²) in [5, 5.41) is 6.58. The summed E-state index contributed by atoms with van der Waals surface area (Å²) in [7, 11) is 0. The second kappa shape index (κ2) is 6.27. The lowest BCUT2D eigenvalue weighted by molar-refractivity contribution is -0.122. The number of carbonyl (C=O) groups excluding carboxylic acids is 3. The number of benzene rings is 1. The number of Topliss-reactive ketones (excluding diaryl/α,β-unsaturated/α-hetero) is 1. The molecule has 1 saturated heterocycles. The van der Waals surface area contributed by atoms with Crippen LogP contribution >= 0.6 is 0 Å². The average Bonchev–Trinajstić information content (AvgIpc) is 3.13. The summed E-state index contributed by atoms with van der Waals surface area (Å²) in [4.78, 5) is 37.4. The van der Waals surface area contributed by atoms with E-state index in [0.717, 1.165) is 0 Å². The molecule has 1 unspecified atom stereocenters. The molecule has 124 valence electrons. The van der Waals surface area contributed by atoms with E-state index < -0.39 is 5.92 Å². The summed E-state index contributed by atoms with van der Waals surface area (Å²) in [6.45, 7) is 3.46. The Bertz CT molecular complexity index is 812. The molecule has 1 aromatic heterocycles. The number of nitrogens with one attached hydrogen (secondary N) is 1. The Labute approximate surface area is 138 Å². The number of hydrogen-bond donors (Lipinski definition) is 1. The lowest BCUT2D eigenvalue weighted by Crippen LogP contribution is -2.28. The second-order valence-corrected chi connectivity index (χ2v) is 5.83. The van der Waals surface area contributed by atoms with Crippen molar-refractivity contribution in [1.29, 1.82) is 0 Å². The smallest absolute Gasteiger partial charge is 0.229 e. The van der Waals surface area contributed by atoms with Crippen molar-refractivity contribution in [3.05, 3.63) is 41.7 Å². The summed E-state index contributed by atoms with van der Waals surface area (Å²) >= 11 is 0. The van der Waals surface area contributed by atoms with Crippen LogP contribution in [0.5, 0.6) is 0 Å². The van der Waals surface area contributed by atoms with Crippen LogP contribution in [0.3, 0.4) is 0 Å². The van der Waals surface area contributed by atoms with E-state index in [1.54, 1.807) is 37.3 Å². The third-order valence-electron chi connectivity index (χ3n) is 3.92. The molecule has 3 rings (SSSR count). The van der Waals surface area contributed by atoms with Gasteiger partial charge in [0.05, 0.1) is 5.92 Å². The van der Waals surface area contributed by atoms with Crippen LogP contribution in [-0.2, 0) is 9.59 Å². The van der Waals surface area contributed by atoms with Crippen molar-refractivity contribution in [3.8, 4) is 0 Å². The monoisotopic (exact) mass is 327 g/mol. The van der Waals surface area contributed by atoms with Gasteiger partial charge < -0.3 is 9.84 Å². The molecule has 7 heteroatoms. The van der Waals surface area contributed by atoms with E-state index in [9.17, 15) is 14.4 Å². The first-order chi connectivity index (χ1) is 11.4. The molecule has 24 heavy (non-hydrogen) atoms. The van der Waals surface area contributed by atoms with Crippen molar-refractivity contribution < 1.29 is 18.9 Å². The van der Waals surface area contributed by atoms with Crippen molar-refractivity contribution in [2.75, 3.05) is 16.8 Å². The summed E-state index contributed by atoms with van der Waals surface area (Å²) in [6, 6.07) is 8.38. The van der Waals surface area contributed by atoms with Crippen LogP contribution in [-0.4, -0.2) is 29.3 Å². The highest BCUT2D eigenvalue weighted by Gasteiger charge is 2.36. The predicted octanol–water partition coefficient (Wildman–Crippen LogP) is 2.18. The third kappa shape index (κ3) is 3.19. The summed E-state index contributed by atoms with van der Waals surface area (Å²) in [5.41, 5.74) is 1.06. The molecule has 1 fully saturated rings. The summed E-state index contributed by atoms with van der Waals surface area (Å²) < 4.78 is 4.98. The maximum atomic E-state index is 12.4. The second-order valence-electron chi connectivity index (χ2n) is 5.83. The minimum Gasteiger partial charge on any atom is -0.360 e. The lowest BCUT2D eigenvalue weighted by atomic mass is 10.1. The van der Waals surface area contributed by atoms with Gasteiger partial charge in [-0.15, -0.1) is 0 Å². The van der Waals surface area contributed by atoms with Crippen molar-refractivity contribution in [3.63, 3.8) is 0 Å². The number of anilines is 2. The van der Waals surface area contributed by atoms with Crippen molar-refractivity contribution in [2.24, 2.45) is 5.92 Å². The van der Waals surface area contributed by atoms with Gasteiger partial charge in [-0.05, 0) is 26.0 Å². The molecule has 0 spiro atoms. The number of aromatic nitrogens is 1. The quantitative estimate of drug-likeness (QED) is 0.869. The number of aryl methyl sites for hydroxylation is 1.